The number of alkyl halides is 3. The summed E-state index contributed by atoms with van der Waals surface area (Å²) in [7, 11) is -3.97. The highest BCUT2D eigenvalue weighted by Crippen LogP contribution is 2.45. The van der Waals surface area contributed by atoms with Gasteiger partial charge in [0.25, 0.3) is 0 Å². The molecule has 0 bridgehead atoms. The van der Waals surface area contributed by atoms with Crippen LogP contribution in [-0.4, -0.2) is 31.2 Å². The molecule has 2 aliphatic heterocycles. The summed E-state index contributed by atoms with van der Waals surface area (Å²) in [5, 5.41) is 0. The SMILES string of the molecule is CN1C(=O)C2(C=CN(S(=O)(=O)C(F)(F)F)C=C2)c2ccccc21. The van der Waals surface area contributed by atoms with Crippen LogP contribution in [0.5, 0.6) is 0 Å². The number of likely N-dealkylation sites (N-methyl/N-ethyl adjacent to an activating group) is 1. The van der Waals surface area contributed by atoms with E-state index in [1.54, 1.807) is 31.3 Å². The number of amides is 1. The van der Waals surface area contributed by atoms with Crippen molar-refractivity contribution in [1.82, 2.24) is 4.31 Å². The molecule has 0 aliphatic carbocycles. The topological polar surface area (TPSA) is 57.7 Å². The average molecular weight is 344 g/mol. The molecule has 0 unspecified atom stereocenters. The van der Waals surface area contributed by atoms with E-state index in [1.165, 1.54) is 17.1 Å². The predicted molar refractivity (Wildman–Crippen MR) is 76.6 cm³/mol. The fourth-order valence-electron chi connectivity index (χ4n) is 2.71. The van der Waals surface area contributed by atoms with Gasteiger partial charge in [-0.25, -0.2) is 4.31 Å². The summed E-state index contributed by atoms with van der Waals surface area (Å²) in [4.78, 5) is 13.9. The summed E-state index contributed by atoms with van der Waals surface area (Å²) in [5.41, 5.74) is -5.49. The van der Waals surface area contributed by atoms with Gasteiger partial charge in [0.2, 0.25) is 5.91 Å². The Labute approximate surface area is 130 Å². The van der Waals surface area contributed by atoms with Crippen molar-refractivity contribution in [3.63, 3.8) is 0 Å². The highest BCUT2D eigenvalue weighted by Gasteiger charge is 2.52. The lowest BCUT2D eigenvalue weighted by Crippen LogP contribution is -2.40. The van der Waals surface area contributed by atoms with Gasteiger partial charge in [0.1, 0.15) is 5.41 Å². The van der Waals surface area contributed by atoms with Gasteiger partial charge in [-0.05, 0) is 23.8 Å². The number of halogens is 3. The number of anilines is 1. The zero-order valence-corrected chi connectivity index (χ0v) is 12.6. The molecule has 3 rings (SSSR count). The number of para-hydroxylation sites is 1. The van der Waals surface area contributed by atoms with E-state index >= 15 is 0 Å². The number of sulfonamides is 1. The second-order valence-corrected chi connectivity index (χ2v) is 7.00. The number of carbonyl (C=O) groups excluding carboxylic acids is 1. The van der Waals surface area contributed by atoms with Crippen molar-refractivity contribution in [2.45, 2.75) is 10.9 Å². The highest BCUT2D eigenvalue weighted by atomic mass is 32.2. The summed E-state index contributed by atoms with van der Waals surface area (Å²) in [5.74, 6) is -0.366. The molecule has 5 nitrogen and oxygen atoms in total. The van der Waals surface area contributed by atoms with Gasteiger partial charge < -0.3 is 4.90 Å². The quantitative estimate of drug-likeness (QED) is 0.784. The second kappa shape index (κ2) is 4.60. The molecule has 9 heteroatoms. The third-order valence-corrected chi connectivity index (χ3v) is 5.29. The summed E-state index contributed by atoms with van der Waals surface area (Å²) in [6.45, 7) is 0. The average Bonchev–Trinajstić information content (AvgIpc) is 2.70. The Balaban J connectivity index is 2.06. The van der Waals surface area contributed by atoms with E-state index in [4.69, 9.17) is 0 Å². The zero-order chi connectivity index (χ0) is 17.0. The van der Waals surface area contributed by atoms with Crippen molar-refractivity contribution in [2.75, 3.05) is 11.9 Å². The molecule has 0 saturated carbocycles. The lowest BCUT2D eigenvalue weighted by Gasteiger charge is -2.28. The lowest BCUT2D eigenvalue weighted by molar-refractivity contribution is -0.120. The van der Waals surface area contributed by atoms with Crippen LogP contribution in [0, 0.1) is 0 Å². The normalized spacial score (nSPS) is 19.6. The van der Waals surface area contributed by atoms with Crippen molar-refractivity contribution in [3.05, 3.63) is 54.4 Å². The van der Waals surface area contributed by atoms with E-state index < -0.39 is 20.9 Å². The number of carbonyl (C=O) groups is 1. The maximum atomic E-state index is 12.6. The standard InChI is InChI=1S/C14H11F3N2O3S/c1-18-11-5-3-2-4-10(11)13(12(18)20)6-8-19(9-7-13)23(21,22)14(15,16)17/h2-9H,1H3. The summed E-state index contributed by atoms with van der Waals surface area (Å²) in [6.07, 6.45) is 3.86. The number of rotatable bonds is 1. The Morgan fingerprint density at radius 3 is 2.22 bits per heavy atom. The van der Waals surface area contributed by atoms with Gasteiger partial charge in [-0.1, -0.05) is 18.2 Å². The number of hydrogen-bond acceptors (Lipinski definition) is 3. The first-order valence-electron chi connectivity index (χ1n) is 6.47. The largest absolute Gasteiger partial charge is 0.517 e. The van der Waals surface area contributed by atoms with Gasteiger partial charge in [0.05, 0.1) is 0 Å². The molecule has 2 aliphatic rings. The minimum Gasteiger partial charge on any atom is -0.314 e. The molecule has 122 valence electrons. The third kappa shape index (κ3) is 1.99. The number of benzene rings is 1. The van der Waals surface area contributed by atoms with Gasteiger partial charge in [0.15, 0.2) is 0 Å². The van der Waals surface area contributed by atoms with E-state index in [0.29, 0.717) is 11.3 Å². The van der Waals surface area contributed by atoms with Crippen molar-refractivity contribution >= 4 is 21.6 Å². The van der Waals surface area contributed by atoms with Crippen molar-refractivity contribution < 1.29 is 26.4 Å². The molecule has 0 atom stereocenters. The molecule has 1 spiro atoms. The number of nitrogens with zero attached hydrogens (tertiary/aromatic N) is 2. The van der Waals surface area contributed by atoms with Crippen LogP contribution in [0.4, 0.5) is 18.9 Å². The van der Waals surface area contributed by atoms with E-state index in [-0.39, 0.29) is 10.2 Å². The van der Waals surface area contributed by atoms with Gasteiger partial charge in [-0.2, -0.15) is 21.6 Å². The summed E-state index contributed by atoms with van der Waals surface area (Å²) in [6, 6.07) is 6.83. The fraction of sp³-hybridized carbons (Fsp3) is 0.214. The van der Waals surface area contributed by atoms with Crippen LogP contribution < -0.4 is 4.90 Å². The van der Waals surface area contributed by atoms with E-state index in [2.05, 4.69) is 0 Å². The van der Waals surface area contributed by atoms with Crippen molar-refractivity contribution in [1.29, 1.82) is 0 Å². The van der Waals surface area contributed by atoms with Crippen LogP contribution in [0.3, 0.4) is 0 Å². The zero-order valence-electron chi connectivity index (χ0n) is 11.8. The number of hydrogen-bond donors (Lipinski definition) is 0. The van der Waals surface area contributed by atoms with E-state index in [1.807, 2.05) is 0 Å². The van der Waals surface area contributed by atoms with Gasteiger partial charge >= 0.3 is 15.5 Å². The van der Waals surface area contributed by atoms with E-state index in [0.717, 1.165) is 12.4 Å². The molecule has 0 fully saturated rings. The molecule has 1 aromatic rings. The molecule has 0 aromatic heterocycles. The fourth-order valence-corrected chi connectivity index (χ4v) is 3.39. The van der Waals surface area contributed by atoms with Crippen LogP contribution in [0.1, 0.15) is 5.56 Å². The second-order valence-electron chi connectivity index (χ2n) is 5.16. The Bertz CT molecular complexity index is 829. The molecule has 1 aromatic carbocycles. The van der Waals surface area contributed by atoms with Crippen LogP contribution >= 0.6 is 0 Å². The molecule has 0 N–H and O–H groups in total. The summed E-state index contributed by atoms with van der Waals surface area (Å²) >= 11 is 0. The van der Waals surface area contributed by atoms with Gasteiger partial charge in [-0.3, -0.25) is 4.79 Å². The van der Waals surface area contributed by atoms with Crippen molar-refractivity contribution in [2.24, 2.45) is 0 Å². The number of fused-ring (bicyclic) bond motifs is 2. The first kappa shape index (κ1) is 15.6. The minimum absolute atomic E-state index is 0.0620. The molecule has 0 radical (unpaired) electrons. The smallest absolute Gasteiger partial charge is 0.314 e. The van der Waals surface area contributed by atoms with Crippen LogP contribution in [0.15, 0.2) is 48.8 Å². The minimum atomic E-state index is -5.52. The molecular weight excluding hydrogens is 333 g/mol. The van der Waals surface area contributed by atoms with Gasteiger partial charge in [0, 0.05) is 25.1 Å². The van der Waals surface area contributed by atoms with Crippen LogP contribution in [0.2, 0.25) is 0 Å². The maximum Gasteiger partial charge on any atom is 0.517 e. The molecule has 1 amide bonds. The molecule has 0 saturated heterocycles. The Kier molecular flexibility index (Phi) is 3.12. The predicted octanol–water partition coefficient (Wildman–Crippen LogP) is 2.09. The molecular formula is C14H11F3N2O3S. The first-order chi connectivity index (χ1) is 10.6. The first-order valence-corrected chi connectivity index (χ1v) is 7.91. The Hall–Kier alpha value is -2.29. The van der Waals surface area contributed by atoms with Crippen LogP contribution in [0.25, 0.3) is 0 Å². The van der Waals surface area contributed by atoms with Crippen molar-refractivity contribution in [3.8, 4) is 0 Å². The molecule has 23 heavy (non-hydrogen) atoms. The van der Waals surface area contributed by atoms with E-state index in [9.17, 15) is 26.4 Å². The highest BCUT2D eigenvalue weighted by molar-refractivity contribution is 7.90. The Morgan fingerprint density at radius 2 is 1.65 bits per heavy atom. The lowest BCUT2D eigenvalue weighted by atomic mass is 9.81. The summed E-state index contributed by atoms with van der Waals surface area (Å²) < 4.78 is 60.6. The van der Waals surface area contributed by atoms with Gasteiger partial charge in [-0.15, -0.1) is 0 Å². The third-order valence-electron chi connectivity index (χ3n) is 3.91. The maximum absolute atomic E-state index is 12.6. The Morgan fingerprint density at radius 1 is 1.09 bits per heavy atom. The monoisotopic (exact) mass is 344 g/mol. The van der Waals surface area contributed by atoms with Crippen LogP contribution in [-0.2, 0) is 20.2 Å². The molecule has 2 heterocycles.